The summed E-state index contributed by atoms with van der Waals surface area (Å²) in [4.78, 5) is 21.3. The van der Waals surface area contributed by atoms with Gasteiger partial charge in [-0.15, -0.1) is 0 Å². The molecule has 0 aliphatic carbocycles. The largest absolute Gasteiger partial charge is 0.369 e. The van der Waals surface area contributed by atoms with Crippen LogP contribution in [0, 0.1) is 13.8 Å². The minimum Gasteiger partial charge on any atom is -0.369 e. The second-order valence-corrected chi connectivity index (χ2v) is 7.86. The van der Waals surface area contributed by atoms with Gasteiger partial charge in [-0.05, 0) is 57.4 Å². The van der Waals surface area contributed by atoms with E-state index in [0.29, 0.717) is 19.7 Å². The highest BCUT2D eigenvalue weighted by Gasteiger charge is 2.26. The second kappa shape index (κ2) is 9.99. The predicted octanol–water partition coefficient (Wildman–Crippen LogP) is 3.53. The molecule has 0 radical (unpaired) electrons. The van der Waals surface area contributed by atoms with E-state index in [-0.39, 0.29) is 12.0 Å². The first-order chi connectivity index (χ1) is 14.0. The molecule has 0 unspecified atom stereocenters. The number of aromatic nitrogens is 1. The van der Waals surface area contributed by atoms with E-state index >= 15 is 0 Å². The summed E-state index contributed by atoms with van der Waals surface area (Å²) in [5.41, 5.74) is 5.78. The number of morpholine rings is 1. The van der Waals surface area contributed by atoms with Crippen LogP contribution in [-0.2, 0) is 16.0 Å². The van der Waals surface area contributed by atoms with E-state index in [9.17, 15) is 4.79 Å². The number of pyridine rings is 1. The molecule has 0 N–H and O–H groups in total. The molecular weight excluding hydrogens is 362 g/mol. The van der Waals surface area contributed by atoms with Crippen molar-refractivity contribution in [1.29, 1.82) is 0 Å². The van der Waals surface area contributed by atoms with Crippen molar-refractivity contribution in [1.82, 2.24) is 14.8 Å². The van der Waals surface area contributed by atoms with Gasteiger partial charge in [0.05, 0.1) is 18.8 Å². The van der Waals surface area contributed by atoms with E-state index in [4.69, 9.17) is 9.72 Å². The lowest BCUT2D eigenvalue weighted by Crippen LogP contribution is -2.45. The Kier molecular flexibility index (Phi) is 7.40. The molecule has 5 heteroatoms. The van der Waals surface area contributed by atoms with Crippen molar-refractivity contribution >= 4 is 5.91 Å². The summed E-state index contributed by atoms with van der Waals surface area (Å²) in [5, 5.41) is 0. The van der Waals surface area contributed by atoms with Crippen LogP contribution in [-0.4, -0.2) is 60.0 Å². The van der Waals surface area contributed by atoms with Crippen molar-refractivity contribution in [3.05, 3.63) is 64.5 Å². The molecule has 3 rings (SSSR count). The van der Waals surface area contributed by atoms with Gasteiger partial charge in [-0.2, -0.15) is 0 Å². The van der Waals surface area contributed by atoms with Gasteiger partial charge in [0.2, 0.25) is 5.91 Å². The van der Waals surface area contributed by atoms with Gasteiger partial charge in [-0.25, -0.2) is 0 Å². The molecule has 0 bridgehead atoms. The number of aryl methyl sites for hydroxylation is 2. The van der Waals surface area contributed by atoms with Crippen molar-refractivity contribution in [2.24, 2.45) is 0 Å². The lowest BCUT2D eigenvalue weighted by Gasteiger charge is -2.33. The quantitative estimate of drug-likeness (QED) is 0.719. The maximum atomic E-state index is 12.5. The summed E-state index contributed by atoms with van der Waals surface area (Å²) < 4.78 is 6.04. The van der Waals surface area contributed by atoms with Crippen LogP contribution in [0.25, 0.3) is 0 Å². The van der Waals surface area contributed by atoms with E-state index in [1.54, 1.807) is 0 Å². The zero-order chi connectivity index (χ0) is 20.8. The Morgan fingerprint density at radius 2 is 1.86 bits per heavy atom. The van der Waals surface area contributed by atoms with Crippen LogP contribution in [0.3, 0.4) is 0 Å². The van der Waals surface area contributed by atoms with Crippen LogP contribution in [0.4, 0.5) is 0 Å². The average molecular weight is 396 g/mol. The first-order valence-electron chi connectivity index (χ1n) is 10.6. The van der Waals surface area contributed by atoms with Gasteiger partial charge in [-0.1, -0.05) is 29.8 Å². The van der Waals surface area contributed by atoms with Crippen molar-refractivity contribution in [3.63, 3.8) is 0 Å². The summed E-state index contributed by atoms with van der Waals surface area (Å²) in [6.45, 7) is 12.3. The van der Waals surface area contributed by atoms with E-state index in [1.807, 2.05) is 25.7 Å². The molecule has 1 saturated heterocycles. The molecular formula is C24H33N3O2. The third-order valence-electron chi connectivity index (χ3n) is 5.52. The molecule has 29 heavy (non-hydrogen) atoms. The monoisotopic (exact) mass is 395 g/mol. The summed E-state index contributed by atoms with van der Waals surface area (Å²) in [7, 11) is 0. The molecule has 1 atom stereocenters. The fraction of sp³-hybridized carbons (Fsp3) is 0.500. The number of carbonyl (C=O) groups excluding carboxylic acids is 1. The first kappa shape index (κ1) is 21.5. The number of benzene rings is 1. The lowest BCUT2D eigenvalue weighted by atomic mass is 10.0. The van der Waals surface area contributed by atoms with Crippen LogP contribution in [0.1, 0.15) is 48.0 Å². The summed E-state index contributed by atoms with van der Waals surface area (Å²) >= 11 is 0. The van der Waals surface area contributed by atoms with Crippen LogP contribution in [0.5, 0.6) is 0 Å². The highest BCUT2D eigenvalue weighted by molar-refractivity contribution is 5.78. The van der Waals surface area contributed by atoms with Crippen LogP contribution in [0.15, 0.2) is 36.4 Å². The van der Waals surface area contributed by atoms with Gasteiger partial charge in [0.25, 0.3) is 0 Å². The third kappa shape index (κ3) is 5.87. The van der Waals surface area contributed by atoms with E-state index in [0.717, 1.165) is 37.4 Å². The molecule has 0 saturated carbocycles. The number of hydrogen-bond donors (Lipinski definition) is 0. The van der Waals surface area contributed by atoms with Crippen molar-refractivity contribution in [2.45, 2.75) is 40.2 Å². The number of ether oxygens (including phenoxy) is 1. The Labute approximate surface area is 174 Å². The molecule has 1 fully saturated rings. The SMILES string of the molecule is CCN(CC)C(=O)CN1CCO[C@H](c2cc(Cc3ccc(C)cc3)cc(C)n2)C1. The Bertz CT molecular complexity index is 815. The highest BCUT2D eigenvalue weighted by Crippen LogP contribution is 2.23. The van der Waals surface area contributed by atoms with Gasteiger partial charge in [0.1, 0.15) is 6.10 Å². The van der Waals surface area contributed by atoms with Gasteiger partial charge < -0.3 is 9.64 Å². The van der Waals surface area contributed by atoms with Gasteiger partial charge in [0.15, 0.2) is 0 Å². The smallest absolute Gasteiger partial charge is 0.236 e. The minimum atomic E-state index is -0.0927. The standard InChI is InChI=1S/C24H33N3O2/c1-5-27(6-2)24(28)17-26-11-12-29-23(16-26)22-15-21(13-19(4)25-22)14-20-9-7-18(3)8-10-20/h7-10,13,15,23H,5-6,11-12,14,16-17H2,1-4H3/t23-/m0/s1. The fourth-order valence-corrected chi connectivity index (χ4v) is 3.87. The molecule has 2 heterocycles. The second-order valence-electron chi connectivity index (χ2n) is 7.86. The zero-order valence-electron chi connectivity index (χ0n) is 18.1. The maximum absolute atomic E-state index is 12.5. The Balaban J connectivity index is 1.70. The topological polar surface area (TPSA) is 45.7 Å². The Morgan fingerprint density at radius 1 is 1.14 bits per heavy atom. The number of hydrogen-bond acceptors (Lipinski definition) is 4. The average Bonchev–Trinajstić information content (AvgIpc) is 2.70. The molecule has 5 nitrogen and oxygen atoms in total. The fourth-order valence-electron chi connectivity index (χ4n) is 3.87. The van der Waals surface area contributed by atoms with Crippen molar-refractivity contribution in [3.8, 4) is 0 Å². The van der Waals surface area contributed by atoms with E-state index in [1.165, 1.54) is 16.7 Å². The van der Waals surface area contributed by atoms with Crippen molar-refractivity contribution < 1.29 is 9.53 Å². The Morgan fingerprint density at radius 3 is 2.55 bits per heavy atom. The molecule has 2 aromatic rings. The zero-order valence-corrected chi connectivity index (χ0v) is 18.1. The lowest BCUT2D eigenvalue weighted by molar-refractivity contribution is -0.134. The van der Waals surface area contributed by atoms with Crippen LogP contribution < -0.4 is 0 Å². The van der Waals surface area contributed by atoms with Gasteiger partial charge >= 0.3 is 0 Å². The third-order valence-corrected chi connectivity index (χ3v) is 5.52. The van der Waals surface area contributed by atoms with E-state index in [2.05, 4.69) is 48.2 Å². The molecule has 1 aromatic heterocycles. The number of amides is 1. The van der Waals surface area contributed by atoms with Crippen molar-refractivity contribution in [2.75, 3.05) is 39.3 Å². The summed E-state index contributed by atoms with van der Waals surface area (Å²) in [6, 6.07) is 13.0. The normalized spacial score (nSPS) is 17.3. The Hall–Kier alpha value is -2.24. The van der Waals surface area contributed by atoms with Gasteiger partial charge in [0, 0.05) is 31.9 Å². The first-order valence-corrected chi connectivity index (χ1v) is 10.6. The number of carbonyl (C=O) groups is 1. The molecule has 156 valence electrons. The highest BCUT2D eigenvalue weighted by atomic mass is 16.5. The summed E-state index contributed by atoms with van der Waals surface area (Å²) in [5.74, 6) is 0.188. The number of likely N-dealkylation sites (N-methyl/N-ethyl adjacent to an activating group) is 1. The minimum absolute atomic E-state index is 0.0927. The molecule has 1 aromatic carbocycles. The van der Waals surface area contributed by atoms with Gasteiger partial charge in [-0.3, -0.25) is 14.7 Å². The van der Waals surface area contributed by atoms with E-state index < -0.39 is 0 Å². The molecule has 1 aliphatic rings. The maximum Gasteiger partial charge on any atom is 0.236 e. The van der Waals surface area contributed by atoms with Crippen LogP contribution in [0.2, 0.25) is 0 Å². The molecule has 1 amide bonds. The van der Waals surface area contributed by atoms with Crippen LogP contribution >= 0.6 is 0 Å². The number of rotatable bonds is 7. The number of nitrogens with zero attached hydrogens (tertiary/aromatic N) is 3. The predicted molar refractivity (Wildman–Crippen MR) is 116 cm³/mol. The molecule has 0 spiro atoms. The molecule has 1 aliphatic heterocycles. The summed E-state index contributed by atoms with van der Waals surface area (Å²) in [6.07, 6.45) is 0.790.